The first-order valence-electron chi connectivity index (χ1n) is 11.1. The summed E-state index contributed by atoms with van der Waals surface area (Å²) in [5.41, 5.74) is 0.794. The van der Waals surface area contributed by atoms with Crippen LogP contribution in [0.3, 0.4) is 0 Å². The summed E-state index contributed by atoms with van der Waals surface area (Å²) in [5.74, 6) is 2.51. The minimum absolute atomic E-state index is 0.00996. The van der Waals surface area contributed by atoms with Crippen LogP contribution in [0.2, 0.25) is 0 Å². The highest BCUT2D eigenvalue weighted by atomic mass is 32.2. The first kappa shape index (κ1) is 21.5. The highest BCUT2D eigenvalue weighted by Gasteiger charge is 2.50. The molecule has 1 amide bonds. The van der Waals surface area contributed by atoms with Crippen molar-refractivity contribution in [2.45, 2.75) is 63.2 Å². The zero-order valence-electron chi connectivity index (χ0n) is 17.7. The van der Waals surface area contributed by atoms with Gasteiger partial charge in [-0.2, -0.15) is 0 Å². The van der Waals surface area contributed by atoms with Crippen molar-refractivity contribution in [2.24, 2.45) is 23.2 Å². The van der Waals surface area contributed by atoms with Gasteiger partial charge in [-0.3, -0.25) is 9.59 Å². The van der Waals surface area contributed by atoms with E-state index >= 15 is 0 Å². The fourth-order valence-electron chi connectivity index (χ4n) is 6.29. The van der Waals surface area contributed by atoms with Crippen molar-refractivity contribution >= 4 is 21.7 Å². The Morgan fingerprint density at radius 1 is 1.00 bits per heavy atom. The molecular weight excluding hydrogens is 400 g/mol. The molecule has 0 saturated heterocycles. The molecule has 0 radical (unpaired) electrons. The van der Waals surface area contributed by atoms with Gasteiger partial charge in [0.25, 0.3) is 0 Å². The van der Waals surface area contributed by atoms with Gasteiger partial charge in [0, 0.05) is 25.1 Å². The molecule has 4 fully saturated rings. The summed E-state index contributed by atoms with van der Waals surface area (Å²) in [7, 11) is -3.64. The molecule has 4 aliphatic rings. The second-order valence-electron chi connectivity index (χ2n) is 9.78. The maximum absolute atomic E-state index is 12.3. The molecule has 0 spiro atoms. The number of ketones is 1. The van der Waals surface area contributed by atoms with Crippen LogP contribution in [0.4, 0.5) is 0 Å². The standard InChI is InChI=1S/C23H32N2O4S/c1-16(26)20-4-6-21(7-5-20)30(28,29)25-8-2-3-22(27)24-15-23-12-17-9-18(13-23)11-19(10-17)14-23/h4-7,17-19,25H,2-3,8-15H2,1H3,(H,24,27). The van der Waals surface area contributed by atoms with Gasteiger partial charge < -0.3 is 5.32 Å². The maximum atomic E-state index is 12.3. The van der Waals surface area contributed by atoms with Crippen molar-refractivity contribution < 1.29 is 18.0 Å². The quantitative estimate of drug-likeness (QED) is 0.463. The largest absolute Gasteiger partial charge is 0.356 e. The van der Waals surface area contributed by atoms with Gasteiger partial charge in [-0.15, -0.1) is 0 Å². The molecule has 7 heteroatoms. The average molecular weight is 433 g/mol. The van der Waals surface area contributed by atoms with Crippen molar-refractivity contribution in [1.82, 2.24) is 10.0 Å². The van der Waals surface area contributed by atoms with Gasteiger partial charge in [0.1, 0.15) is 0 Å². The lowest BCUT2D eigenvalue weighted by Crippen LogP contribution is -2.51. The van der Waals surface area contributed by atoms with E-state index < -0.39 is 10.0 Å². The van der Waals surface area contributed by atoms with Gasteiger partial charge in [0.2, 0.25) is 15.9 Å². The highest BCUT2D eigenvalue weighted by Crippen LogP contribution is 2.59. The van der Waals surface area contributed by atoms with Gasteiger partial charge in [0.15, 0.2) is 5.78 Å². The number of hydrogen-bond acceptors (Lipinski definition) is 4. The summed E-state index contributed by atoms with van der Waals surface area (Å²) in [4.78, 5) is 23.7. The van der Waals surface area contributed by atoms with Crippen molar-refractivity contribution in [3.05, 3.63) is 29.8 Å². The molecular formula is C23H32N2O4S. The normalized spacial score (nSPS) is 29.7. The molecule has 5 rings (SSSR count). The molecule has 4 aliphatic carbocycles. The van der Waals surface area contributed by atoms with Gasteiger partial charge in [-0.25, -0.2) is 13.1 Å². The number of rotatable bonds is 9. The van der Waals surface area contributed by atoms with E-state index in [4.69, 9.17) is 0 Å². The number of carbonyl (C=O) groups excluding carboxylic acids is 2. The molecule has 164 valence electrons. The van der Waals surface area contributed by atoms with Crippen molar-refractivity contribution in [3.8, 4) is 0 Å². The summed E-state index contributed by atoms with van der Waals surface area (Å²) in [6, 6.07) is 5.87. The third-order valence-electron chi connectivity index (χ3n) is 7.27. The lowest BCUT2D eigenvalue weighted by molar-refractivity contribution is -0.123. The van der Waals surface area contributed by atoms with E-state index in [1.165, 1.54) is 69.7 Å². The first-order chi connectivity index (χ1) is 14.2. The third kappa shape index (κ3) is 4.78. The van der Waals surface area contributed by atoms with E-state index in [1.807, 2.05) is 0 Å². The molecule has 0 atom stereocenters. The van der Waals surface area contributed by atoms with Gasteiger partial charge in [-0.05, 0) is 87.2 Å². The summed E-state index contributed by atoms with van der Waals surface area (Å²) in [6.07, 6.45) is 8.75. The fraction of sp³-hybridized carbons (Fsp3) is 0.652. The molecule has 4 bridgehead atoms. The summed E-state index contributed by atoms with van der Waals surface area (Å²) in [5, 5.41) is 3.14. The zero-order chi connectivity index (χ0) is 21.4. The van der Waals surface area contributed by atoms with Gasteiger partial charge >= 0.3 is 0 Å². The maximum Gasteiger partial charge on any atom is 0.240 e. The second-order valence-corrected chi connectivity index (χ2v) is 11.5. The van der Waals surface area contributed by atoms with E-state index in [1.54, 1.807) is 0 Å². The Labute approximate surface area is 179 Å². The van der Waals surface area contributed by atoms with E-state index in [2.05, 4.69) is 10.0 Å². The van der Waals surface area contributed by atoms with E-state index in [9.17, 15) is 18.0 Å². The summed E-state index contributed by atoms with van der Waals surface area (Å²) >= 11 is 0. The lowest BCUT2D eigenvalue weighted by Gasteiger charge is -2.56. The Balaban J connectivity index is 1.19. The molecule has 4 saturated carbocycles. The van der Waals surface area contributed by atoms with Crippen molar-refractivity contribution in [3.63, 3.8) is 0 Å². The molecule has 2 N–H and O–H groups in total. The predicted molar refractivity (Wildman–Crippen MR) is 114 cm³/mol. The van der Waals surface area contributed by atoms with Crippen LogP contribution in [-0.4, -0.2) is 33.2 Å². The van der Waals surface area contributed by atoms with E-state index in [0.717, 1.165) is 24.3 Å². The Morgan fingerprint density at radius 3 is 2.10 bits per heavy atom. The van der Waals surface area contributed by atoms with Crippen molar-refractivity contribution in [2.75, 3.05) is 13.1 Å². The van der Waals surface area contributed by atoms with E-state index in [-0.39, 0.29) is 23.1 Å². The highest BCUT2D eigenvalue weighted by molar-refractivity contribution is 7.89. The Bertz CT molecular complexity index is 872. The van der Waals surface area contributed by atoms with Gasteiger partial charge in [0.05, 0.1) is 4.90 Å². The number of amides is 1. The van der Waals surface area contributed by atoms with E-state index in [0.29, 0.717) is 23.8 Å². The molecule has 0 aromatic heterocycles. The number of carbonyl (C=O) groups is 2. The smallest absolute Gasteiger partial charge is 0.240 e. The Kier molecular flexibility index (Phi) is 6.04. The average Bonchev–Trinajstić information content (AvgIpc) is 2.69. The third-order valence-corrected chi connectivity index (χ3v) is 8.75. The molecule has 0 unspecified atom stereocenters. The van der Waals surface area contributed by atoms with Crippen LogP contribution in [0.15, 0.2) is 29.2 Å². The number of sulfonamides is 1. The second kappa shape index (κ2) is 8.42. The van der Waals surface area contributed by atoms with Crippen LogP contribution in [-0.2, 0) is 14.8 Å². The predicted octanol–water partition coefficient (Wildman–Crippen LogP) is 3.28. The molecule has 0 aliphatic heterocycles. The zero-order valence-corrected chi connectivity index (χ0v) is 18.5. The Morgan fingerprint density at radius 2 is 1.57 bits per heavy atom. The minimum Gasteiger partial charge on any atom is -0.356 e. The van der Waals surface area contributed by atoms with Crippen molar-refractivity contribution in [1.29, 1.82) is 0 Å². The minimum atomic E-state index is -3.64. The number of benzene rings is 1. The molecule has 1 aromatic rings. The van der Waals surface area contributed by atoms with Crippen LogP contribution in [0, 0.1) is 23.2 Å². The first-order valence-corrected chi connectivity index (χ1v) is 12.6. The summed E-state index contributed by atoms with van der Waals surface area (Å²) in [6.45, 7) is 2.43. The molecule has 0 heterocycles. The Hall–Kier alpha value is -1.73. The SMILES string of the molecule is CC(=O)c1ccc(S(=O)(=O)NCCCC(=O)NCC23CC4CC(CC(C4)C2)C3)cc1. The van der Waals surface area contributed by atoms with Crippen LogP contribution in [0.1, 0.15) is 68.6 Å². The van der Waals surface area contributed by atoms with Crippen LogP contribution < -0.4 is 10.0 Å². The number of hydrogen-bond donors (Lipinski definition) is 2. The molecule has 6 nitrogen and oxygen atoms in total. The number of nitrogens with one attached hydrogen (secondary N) is 2. The van der Waals surface area contributed by atoms with Gasteiger partial charge in [-0.1, -0.05) is 12.1 Å². The topological polar surface area (TPSA) is 92.3 Å². The van der Waals surface area contributed by atoms with Crippen LogP contribution >= 0.6 is 0 Å². The number of Topliss-reactive ketones (excluding diaryl/α,β-unsaturated/α-hetero) is 1. The van der Waals surface area contributed by atoms with Crippen LogP contribution in [0.5, 0.6) is 0 Å². The summed E-state index contributed by atoms with van der Waals surface area (Å²) < 4.78 is 27.2. The fourth-order valence-corrected chi connectivity index (χ4v) is 7.36. The van der Waals surface area contributed by atoms with Crippen LogP contribution in [0.25, 0.3) is 0 Å². The lowest BCUT2D eigenvalue weighted by atomic mass is 9.49. The molecule has 1 aromatic carbocycles. The molecule has 30 heavy (non-hydrogen) atoms. The monoisotopic (exact) mass is 432 g/mol.